The van der Waals surface area contributed by atoms with Crippen molar-refractivity contribution >= 4 is 10.8 Å². The molecule has 0 bridgehead atoms. The third-order valence-electron chi connectivity index (χ3n) is 5.30. The number of hydrogen-bond donors (Lipinski definition) is 0. The standard InChI is InChI=1S/C27H20F4O/c1-2-3-4-17-5-6-22-14-21(12-11-20(22)13-17)18-7-9-19(10-8-18)23-15-24(28)26(25(29)16-23)32-27(30)31/h2,5-16,27H,1,3-4H2. The van der Waals surface area contributed by atoms with Gasteiger partial charge >= 0.3 is 6.61 Å². The van der Waals surface area contributed by atoms with E-state index in [2.05, 4.69) is 41.6 Å². The Morgan fingerprint density at radius 3 is 1.91 bits per heavy atom. The smallest absolute Gasteiger partial charge is 0.387 e. The predicted octanol–water partition coefficient (Wildman–Crippen LogP) is 8.17. The molecule has 4 rings (SSSR count). The maximum Gasteiger partial charge on any atom is 0.387 e. The Labute approximate surface area is 183 Å². The summed E-state index contributed by atoms with van der Waals surface area (Å²) in [6.07, 6.45) is 3.80. The molecule has 0 saturated carbocycles. The van der Waals surface area contributed by atoms with Crippen molar-refractivity contribution in [1.29, 1.82) is 0 Å². The molecule has 0 aliphatic rings. The van der Waals surface area contributed by atoms with Crippen LogP contribution in [-0.2, 0) is 6.42 Å². The molecule has 0 aliphatic heterocycles. The van der Waals surface area contributed by atoms with Crippen molar-refractivity contribution in [2.45, 2.75) is 19.5 Å². The van der Waals surface area contributed by atoms with Crippen LogP contribution in [0.4, 0.5) is 17.6 Å². The second kappa shape index (κ2) is 9.27. The quantitative estimate of drug-likeness (QED) is 0.210. The Balaban J connectivity index is 1.59. The van der Waals surface area contributed by atoms with Gasteiger partial charge in [-0.2, -0.15) is 8.78 Å². The Bertz CT molecular complexity index is 1240. The first-order valence-corrected chi connectivity index (χ1v) is 10.1. The molecule has 4 aromatic carbocycles. The first kappa shape index (κ1) is 21.6. The SMILES string of the molecule is C=CCCc1ccc2cc(-c3ccc(-c4cc(F)c(OC(F)F)c(F)c4)cc3)ccc2c1. The number of ether oxygens (including phenoxy) is 1. The number of alkyl halides is 2. The van der Waals surface area contributed by atoms with Crippen LogP contribution in [0.2, 0.25) is 0 Å². The van der Waals surface area contributed by atoms with E-state index < -0.39 is 24.0 Å². The third-order valence-corrected chi connectivity index (χ3v) is 5.30. The normalized spacial score (nSPS) is 11.2. The number of rotatable bonds is 7. The number of aryl methyl sites for hydroxylation is 1. The zero-order valence-corrected chi connectivity index (χ0v) is 17.1. The summed E-state index contributed by atoms with van der Waals surface area (Å²) in [7, 11) is 0. The van der Waals surface area contributed by atoms with E-state index in [-0.39, 0.29) is 5.56 Å². The Morgan fingerprint density at radius 1 is 0.719 bits per heavy atom. The van der Waals surface area contributed by atoms with Crippen LogP contribution in [0.25, 0.3) is 33.0 Å². The average Bonchev–Trinajstić information content (AvgIpc) is 2.79. The lowest BCUT2D eigenvalue weighted by molar-refractivity contribution is -0.0546. The van der Waals surface area contributed by atoms with Crippen molar-refractivity contribution in [3.05, 3.63) is 103 Å². The van der Waals surface area contributed by atoms with Crippen molar-refractivity contribution in [2.24, 2.45) is 0 Å². The van der Waals surface area contributed by atoms with Gasteiger partial charge in [-0.1, -0.05) is 60.7 Å². The average molecular weight is 436 g/mol. The summed E-state index contributed by atoms with van der Waals surface area (Å²) in [5, 5.41) is 2.27. The highest BCUT2D eigenvalue weighted by Crippen LogP contribution is 2.32. The molecule has 5 heteroatoms. The maximum absolute atomic E-state index is 14.0. The Morgan fingerprint density at radius 2 is 1.28 bits per heavy atom. The molecule has 0 amide bonds. The minimum absolute atomic E-state index is 0.235. The molecule has 0 saturated heterocycles. The Hall–Kier alpha value is -3.60. The summed E-state index contributed by atoms with van der Waals surface area (Å²) in [4.78, 5) is 0. The van der Waals surface area contributed by atoms with Crippen LogP contribution in [0.3, 0.4) is 0 Å². The van der Waals surface area contributed by atoms with Gasteiger partial charge in [0.15, 0.2) is 17.4 Å². The van der Waals surface area contributed by atoms with Gasteiger partial charge in [-0.05, 0) is 69.6 Å². The molecule has 4 aromatic rings. The monoisotopic (exact) mass is 436 g/mol. The first-order chi connectivity index (χ1) is 15.4. The fraction of sp³-hybridized carbons (Fsp3) is 0.111. The molecule has 0 aliphatic carbocycles. The zero-order chi connectivity index (χ0) is 22.7. The third kappa shape index (κ3) is 4.67. The summed E-state index contributed by atoms with van der Waals surface area (Å²) >= 11 is 0. The van der Waals surface area contributed by atoms with Crippen LogP contribution in [0.1, 0.15) is 12.0 Å². The maximum atomic E-state index is 14.0. The summed E-state index contributed by atoms with van der Waals surface area (Å²) in [5.74, 6) is -3.43. The second-order valence-electron chi connectivity index (χ2n) is 7.45. The van der Waals surface area contributed by atoms with Crippen LogP contribution in [0.5, 0.6) is 5.75 Å². The molecule has 1 nitrogen and oxygen atoms in total. The van der Waals surface area contributed by atoms with E-state index in [4.69, 9.17) is 0 Å². The molecular formula is C27H20F4O. The van der Waals surface area contributed by atoms with Gasteiger partial charge in [-0.15, -0.1) is 6.58 Å². The minimum atomic E-state index is -3.30. The molecule has 0 aromatic heterocycles. The highest BCUT2D eigenvalue weighted by Gasteiger charge is 2.17. The molecule has 0 atom stereocenters. The molecular weight excluding hydrogens is 416 g/mol. The number of fused-ring (bicyclic) bond motifs is 1. The molecule has 32 heavy (non-hydrogen) atoms. The molecule has 0 radical (unpaired) electrons. The van der Waals surface area contributed by atoms with Crippen molar-refractivity contribution in [3.8, 4) is 28.0 Å². The van der Waals surface area contributed by atoms with Crippen molar-refractivity contribution in [1.82, 2.24) is 0 Å². The zero-order valence-electron chi connectivity index (χ0n) is 17.1. The molecule has 0 unspecified atom stereocenters. The highest BCUT2D eigenvalue weighted by atomic mass is 19.3. The summed E-state index contributed by atoms with van der Waals surface area (Å²) in [6.45, 7) is 0.460. The van der Waals surface area contributed by atoms with Gasteiger partial charge in [-0.25, -0.2) is 8.78 Å². The summed E-state index contributed by atoms with van der Waals surface area (Å²) < 4.78 is 56.6. The molecule has 0 fully saturated rings. The van der Waals surface area contributed by atoms with Crippen LogP contribution >= 0.6 is 0 Å². The molecule has 0 spiro atoms. The summed E-state index contributed by atoms with van der Waals surface area (Å²) in [6, 6.07) is 21.7. The highest BCUT2D eigenvalue weighted by molar-refractivity contribution is 5.88. The van der Waals surface area contributed by atoms with Gasteiger partial charge in [0.05, 0.1) is 0 Å². The van der Waals surface area contributed by atoms with Crippen molar-refractivity contribution in [2.75, 3.05) is 0 Å². The van der Waals surface area contributed by atoms with Crippen LogP contribution in [0, 0.1) is 11.6 Å². The van der Waals surface area contributed by atoms with Crippen molar-refractivity contribution in [3.63, 3.8) is 0 Å². The van der Waals surface area contributed by atoms with E-state index >= 15 is 0 Å². The summed E-state index contributed by atoms with van der Waals surface area (Å²) in [5.41, 5.74) is 4.02. The van der Waals surface area contributed by atoms with Crippen molar-refractivity contribution < 1.29 is 22.3 Å². The van der Waals surface area contributed by atoms with Crippen LogP contribution in [-0.4, -0.2) is 6.61 Å². The van der Waals surface area contributed by atoms with Gasteiger partial charge in [0.25, 0.3) is 0 Å². The lowest BCUT2D eigenvalue weighted by Gasteiger charge is -2.10. The lowest BCUT2D eigenvalue weighted by atomic mass is 9.97. The molecule has 0 heterocycles. The first-order valence-electron chi connectivity index (χ1n) is 10.1. The predicted molar refractivity (Wildman–Crippen MR) is 120 cm³/mol. The Kier molecular flexibility index (Phi) is 6.26. The second-order valence-corrected chi connectivity index (χ2v) is 7.45. The van der Waals surface area contributed by atoms with E-state index in [0.29, 0.717) is 5.56 Å². The van der Waals surface area contributed by atoms with E-state index in [0.717, 1.165) is 46.9 Å². The van der Waals surface area contributed by atoms with Crippen LogP contribution in [0.15, 0.2) is 85.5 Å². The van der Waals surface area contributed by atoms with Gasteiger partial charge in [0.1, 0.15) is 0 Å². The molecule has 162 valence electrons. The van der Waals surface area contributed by atoms with E-state index in [1.165, 1.54) is 5.56 Å². The van der Waals surface area contributed by atoms with Gasteiger partial charge in [0, 0.05) is 0 Å². The van der Waals surface area contributed by atoms with Crippen LogP contribution < -0.4 is 4.74 Å². The number of benzene rings is 4. The van der Waals surface area contributed by atoms with Gasteiger partial charge in [-0.3, -0.25) is 0 Å². The fourth-order valence-corrected chi connectivity index (χ4v) is 3.68. The van der Waals surface area contributed by atoms with E-state index in [1.807, 2.05) is 24.3 Å². The largest absolute Gasteiger partial charge is 0.429 e. The topological polar surface area (TPSA) is 9.23 Å². The number of halogens is 4. The van der Waals surface area contributed by atoms with E-state index in [9.17, 15) is 17.6 Å². The van der Waals surface area contributed by atoms with Gasteiger partial charge in [0.2, 0.25) is 0 Å². The number of allylic oxidation sites excluding steroid dienone is 1. The fourth-order valence-electron chi connectivity index (χ4n) is 3.68. The molecule has 0 N–H and O–H groups in total. The number of hydrogen-bond acceptors (Lipinski definition) is 1. The lowest BCUT2D eigenvalue weighted by Crippen LogP contribution is -2.06. The van der Waals surface area contributed by atoms with Gasteiger partial charge < -0.3 is 4.74 Å². The van der Waals surface area contributed by atoms with E-state index in [1.54, 1.807) is 12.1 Å². The minimum Gasteiger partial charge on any atom is -0.429 e.